The fourth-order valence-electron chi connectivity index (χ4n) is 3.61. The van der Waals surface area contributed by atoms with E-state index in [1.54, 1.807) is 6.08 Å². The van der Waals surface area contributed by atoms with E-state index in [4.69, 9.17) is 21.1 Å². The highest BCUT2D eigenvalue weighted by atomic mass is 35.5. The summed E-state index contributed by atoms with van der Waals surface area (Å²) >= 11 is 6.03. The van der Waals surface area contributed by atoms with Gasteiger partial charge in [0.25, 0.3) is 0 Å². The lowest BCUT2D eigenvalue weighted by Crippen LogP contribution is -2.05. The van der Waals surface area contributed by atoms with E-state index in [9.17, 15) is 4.79 Å². The molecule has 4 aromatic carbocycles. The third kappa shape index (κ3) is 5.08. The Morgan fingerprint density at radius 3 is 2.32 bits per heavy atom. The van der Waals surface area contributed by atoms with Gasteiger partial charge in [-0.1, -0.05) is 78.3 Å². The van der Waals surface area contributed by atoms with Gasteiger partial charge in [0.15, 0.2) is 5.70 Å². The van der Waals surface area contributed by atoms with Crippen molar-refractivity contribution in [1.82, 2.24) is 0 Å². The maximum absolute atomic E-state index is 12.4. The van der Waals surface area contributed by atoms with Gasteiger partial charge in [0.1, 0.15) is 12.4 Å². The van der Waals surface area contributed by atoms with E-state index >= 15 is 0 Å². The van der Waals surface area contributed by atoms with Crippen LogP contribution in [0.25, 0.3) is 17.2 Å². The number of cyclic esters (lactones) is 1. The Balaban J connectivity index is 1.31. The zero-order valence-electron chi connectivity index (χ0n) is 18.1. The third-order valence-corrected chi connectivity index (χ3v) is 5.55. The summed E-state index contributed by atoms with van der Waals surface area (Å²) in [5.41, 5.74) is 4.96. The maximum Gasteiger partial charge on any atom is 0.363 e. The number of carbonyl (C=O) groups excluding carboxylic acids is 1. The van der Waals surface area contributed by atoms with Crippen LogP contribution < -0.4 is 4.74 Å². The number of hydrogen-bond donors (Lipinski definition) is 0. The monoisotopic (exact) mass is 465 g/mol. The fraction of sp³-hybridized carbons (Fsp3) is 0.0345. The number of carbonyl (C=O) groups is 1. The molecule has 0 aromatic heterocycles. The van der Waals surface area contributed by atoms with Crippen LogP contribution in [-0.2, 0) is 16.1 Å². The molecule has 0 aliphatic carbocycles. The highest BCUT2D eigenvalue weighted by molar-refractivity contribution is 6.30. The summed E-state index contributed by atoms with van der Waals surface area (Å²) in [5, 5.41) is 0.669. The first-order chi connectivity index (χ1) is 16.6. The van der Waals surface area contributed by atoms with Gasteiger partial charge in [0.05, 0.1) is 0 Å². The summed E-state index contributed by atoms with van der Waals surface area (Å²) in [4.78, 5) is 16.8. The molecule has 0 saturated carbocycles. The second kappa shape index (κ2) is 9.77. The average Bonchev–Trinajstić information content (AvgIpc) is 3.23. The molecule has 0 amide bonds. The lowest BCUT2D eigenvalue weighted by Gasteiger charge is -2.07. The van der Waals surface area contributed by atoms with Crippen molar-refractivity contribution in [1.29, 1.82) is 0 Å². The molecule has 166 valence electrons. The van der Waals surface area contributed by atoms with Crippen molar-refractivity contribution in [3.8, 4) is 16.9 Å². The van der Waals surface area contributed by atoms with Crippen molar-refractivity contribution in [3.63, 3.8) is 0 Å². The van der Waals surface area contributed by atoms with Crippen molar-refractivity contribution in [2.24, 2.45) is 4.99 Å². The molecule has 0 bridgehead atoms. The van der Waals surface area contributed by atoms with Gasteiger partial charge < -0.3 is 9.47 Å². The fourth-order valence-corrected chi connectivity index (χ4v) is 3.83. The SMILES string of the molecule is O=C1OC(c2ccc(-c3ccccc3)cc2)=N/C1=C\c1cccc(OCc2cccc(Cl)c2)c1. The second-order valence-electron chi connectivity index (χ2n) is 7.77. The summed E-state index contributed by atoms with van der Waals surface area (Å²) in [6, 6.07) is 32.9. The first kappa shape index (κ1) is 21.7. The molecule has 0 N–H and O–H groups in total. The quantitative estimate of drug-likeness (QED) is 0.229. The van der Waals surface area contributed by atoms with E-state index in [0.29, 0.717) is 23.3 Å². The number of hydrogen-bond acceptors (Lipinski definition) is 4. The number of nitrogens with zero attached hydrogens (tertiary/aromatic N) is 1. The average molecular weight is 466 g/mol. The zero-order valence-corrected chi connectivity index (χ0v) is 18.9. The zero-order chi connectivity index (χ0) is 23.3. The Hall–Kier alpha value is -4.15. The van der Waals surface area contributed by atoms with Crippen molar-refractivity contribution in [2.45, 2.75) is 6.61 Å². The van der Waals surface area contributed by atoms with Crippen molar-refractivity contribution in [2.75, 3.05) is 0 Å². The Morgan fingerprint density at radius 1 is 0.794 bits per heavy atom. The molecule has 4 nitrogen and oxygen atoms in total. The molecule has 0 unspecified atom stereocenters. The highest BCUT2D eigenvalue weighted by Crippen LogP contribution is 2.24. The Bertz CT molecular complexity index is 1390. The van der Waals surface area contributed by atoms with Crippen molar-refractivity contribution >= 4 is 29.5 Å². The summed E-state index contributed by atoms with van der Waals surface area (Å²) in [6.07, 6.45) is 1.69. The van der Waals surface area contributed by atoms with E-state index < -0.39 is 5.97 Å². The van der Waals surface area contributed by atoms with E-state index in [0.717, 1.165) is 27.8 Å². The van der Waals surface area contributed by atoms with E-state index in [2.05, 4.69) is 17.1 Å². The molecule has 4 aromatic rings. The summed E-state index contributed by atoms with van der Waals surface area (Å²) in [6.45, 7) is 0.393. The molecule has 0 spiro atoms. The van der Waals surface area contributed by atoms with Crippen molar-refractivity contribution < 1.29 is 14.3 Å². The minimum Gasteiger partial charge on any atom is -0.489 e. The van der Waals surface area contributed by atoms with E-state index in [1.165, 1.54) is 0 Å². The molecule has 0 radical (unpaired) electrons. The van der Waals surface area contributed by atoms with Crippen LogP contribution in [0, 0.1) is 0 Å². The van der Waals surface area contributed by atoms with Gasteiger partial charge in [-0.15, -0.1) is 0 Å². The minimum absolute atomic E-state index is 0.245. The number of ether oxygens (including phenoxy) is 2. The molecular weight excluding hydrogens is 446 g/mol. The first-order valence-corrected chi connectivity index (χ1v) is 11.2. The van der Waals surface area contributed by atoms with Crippen LogP contribution in [0.2, 0.25) is 5.02 Å². The molecule has 1 aliphatic heterocycles. The third-order valence-electron chi connectivity index (χ3n) is 5.32. The Kier molecular flexibility index (Phi) is 6.23. The molecule has 0 atom stereocenters. The lowest BCUT2D eigenvalue weighted by atomic mass is 10.0. The van der Waals surface area contributed by atoms with Crippen LogP contribution in [0.15, 0.2) is 114 Å². The normalized spacial score (nSPS) is 14.1. The predicted molar refractivity (Wildman–Crippen MR) is 135 cm³/mol. The minimum atomic E-state index is -0.479. The second-order valence-corrected chi connectivity index (χ2v) is 8.21. The number of aliphatic imine (C=N–C) groups is 1. The smallest absolute Gasteiger partial charge is 0.363 e. The van der Waals surface area contributed by atoms with Crippen LogP contribution in [0.1, 0.15) is 16.7 Å². The van der Waals surface area contributed by atoms with Crippen LogP contribution in [0.4, 0.5) is 0 Å². The lowest BCUT2D eigenvalue weighted by molar-refractivity contribution is -0.129. The number of halogens is 1. The van der Waals surface area contributed by atoms with E-state index in [1.807, 2.05) is 91.0 Å². The standard InChI is InChI=1S/C29H20ClNO3/c30-25-10-4-7-21(16-25)19-33-26-11-5-6-20(17-26)18-27-29(32)34-28(31-27)24-14-12-23(13-15-24)22-8-2-1-3-9-22/h1-18H,19H2/b27-18-. The molecule has 34 heavy (non-hydrogen) atoms. The number of benzene rings is 4. The van der Waals surface area contributed by atoms with Crippen LogP contribution in [0.5, 0.6) is 5.75 Å². The van der Waals surface area contributed by atoms with Crippen LogP contribution in [0.3, 0.4) is 0 Å². The predicted octanol–water partition coefficient (Wildman–Crippen LogP) is 6.93. The highest BCUT2D eigenvalue weighted by Gasteiger charge is 2.24. The Labute approximate surface area is 202 Å². The summed E-state index contributed by atoms with van der Waals surface area (Å²) in [5.74, 6) is 0.498. The van der Waals surface area contributed by atoms with Gasteiger partial charge >= 0.3 is 5.97 Å². The van der Waals surface area contributed by atoms with Crippen LogP contribution in [-0.4, -0.2) is 11.9 Å². The van der Waals surface area contributed by atoms with Gasteiger partial charge in [0.2, 0.25) is 5.90 Å². The molecule has 0 fully saturated rings. The topological polar surface area (TPSA) is 47.9 Å². The molecular formula is C29H20ClNO3. The van der Waals surface area contributed by atoms with Gasteiger partial charge in [-0.05, 0) is 64.7 Å². The van der Waals surface area contributed by atoms with Crippen molar-refractivity contribution in [3.05, 3.63) is 131 Å². The maximum atomic E-state index is 12.4. The first-order valence-electron chi connectivity index (χ1n) is 10.8. The van der Waals surface area contributed by atoms with Gasteiger partial charge in [0, 0.05) is 10.6 Å². The molecule has 1 heterocycles. The molecule has 1 aliphatic rings. The summed E-state index contributed by atoms with van der Waals surface area (Å²) < 4.78 is 11.3. The molecule has 5 heteroatoms. The summed E-state index contributed by atoms with van der Waals surface area (Å²) in [7, 11) is 0. The molecule has 0 saturated heterocycles. The van der Waals surface area contributed by atoms with Crippen LogP contribution >= 0.6 is 11.6 Å². The molecule has 5 rings (SSSR count). The van der Waals surface area contributed by atoms with Gasteiger partial charge in [-0.3, -0.25) is 0 Å². The number of esters is 1. The largest absolute Gasteiger partial charge is 0.489 e. The van der Waals surface area contributed by atoms with Gasteiger partial charge in [-0.25, -0.2) is 9.79 Å². The van der Waals surface area contributed by atoms with Gasteiger partial charge in [-0.2, -0.15) is 0 Å². The number of rotatable bonds is 6. The Morgan fingerprint density at radius 2 is 1.53 bits per heavy atom. The van der Waals surface area contributed by atoms with E-state index in [-0.39, 0.29) is 5.70 Å².